The van der Waals surface area contributed by atoms with Crippen LogP contribution >= 0.6 is 0 Å². The molecule has 3 rings (SSSR count). The third kappa shape index (κ3) is 4.48. The quantitative estimate of drug-likeness (QED) is 0.780. The summed E-state index contributed by atoms with van der Waals surface area (Å²) in [6.45, 7) is 6.29. The highest BCUT2D eigenvalue weighted by Gasteiger charge is 2.42. The SMILES string of the molecule is COCCC(=O)N1CCC2(CCCN(CC3CCCCC3)C2)C1. The van der Waals surface area contributed by atoms with Gasteiger partial charge in [-0.1, -0.05) is 19.3 Å². The molecule has 2 aliphatic heterocycles. The summed E-state index contributed by atoms with van der Waals surface area (Å²) in [5.74, 6) is 1.22. The molecule has 1 aliphatic carbocycles. The summed E-state index contributed by atoms with van der Waals surface area (Å²) in [5.41, 5.74) is 0.385. The second-order valence-electron chi connectivity index (χ2n) is 8.15. The van der Waals surface area contributed by atoms with Gasteiger partial charge in [0.15, 0.2) is 0 Å². The summed E-state index contributed by atoms with van der Waals surface area (Å²) in [4.78, 5) is 17.1. The van der Waals surface area contributed by atoms with Crippen molar-refractivity contribution in [2.24, 2.45) is 11.3 Å². The summed E-state index contributed by atoms with van der Waals surface area (Å²) in [5, 5.41) is 0. The highest BCUT2D eigenvalue weighted by atomic mass is 16.5. The number of likely N-dealkylation sites (tertiary alicyclic amines) is 2. The van der Waals surface area contributed by atoms with E-state index >= 15 is 0 Å². The van der Waals surface area contributed by atoms with Gasteiger partial charge in [0, 0.05) is 38.7 Å². The molecule has 0 bridgehead atoms. The number of ether oxygens (including phenoxy) is 1. The minimum atomic E-state index is 0.285. The molecule has 3 fully saturated rings. The lowest BCUT2D eigenvalue weighted by Gasteiger charge is -2.42. The lowest BCUT2D eigenvalue weighted by atomic mass is 9.78. The van der Waals surface area contributed by atoms with Crippen molar-refractivity contribution in [1.29, 1.82) is 0 Å². The standard InChI is InChI=1S/C19H34N2O2/c1-23-13-8-18(22)21-12-10-19(16-21)9-5-11-20(15-19)14-17-6-3-2-4-7-17/h17H,2-16H2,1H3. The first-order chi connectivity index (χ1) is 11.2. The number of methoxy groups -OCH3 is 1. The molecule has 0 aromatic carbocycles. The third-order valence-electron chi connectivity index (χ3n) is 6.29. The number of rotatable bonds is 5. The van der Waals surface area contributed by atoms with Crippen LogP contribution in [0, 0.1) is 11.3 Å². The number of nitrogens with zero attached hydrogens (tertiary/aromatic N) is 2. The highest BCUT2D eigenvalue weighted by Crippen LogP contribution is 2.39. The maximum Gasteiger partial charge on any atom is 0.224 e. The Balaban J connectivity index is 1.50. The number of hydrogen-bond donors (Lipinski definition) is 0. The Labute approximate surface area is 141 Å². The van der Waals surface area contributed by atoms with E-state index in [1.54, 1.807) is 7.11 Å². The molecule has 1 saturated carbocycles. The van der Waals surface area contributed by atoms with Crippen LogP contribution in [0.25, 0.3) is 0 Å². The Morgan fingerprint density at radius 2 is 1.91 bits per heavy atom. The molecule has 1 unspecified atom stereocenters. The van der Waals surface area contributed by atoms with Crippen LogP contribution in [0.3, 0.4) is 0 Å². The molecule has 2 heterocycles. The van der Waals surface area contributed by atoms with Crippen molar-refractivity contribution >= 4 is 5.91 Å². The maximum absolute atomic E-state index is 12.3. The molecule has 0 radical (unpaired) electrons. The van der Waals surface area contributed by atoms with E-state index in [2.05, 4.69) is 9.80 Å². The molecule has 1 atom stereocenters. The van der Waals surface area contributed by atoms with Gasteiger partial charge in [0.1, 0.15) is 0 Å². The van der Waals surface area contributed by atoms with E-state index in [0.29, 0.717) is 18.4 Å². The van der Waals surface area contributed by atoms with Crippen molar-refractivity contribution in [1.82, 2.24) is 9.80 Å². The summed E-state index contributed by atoms with van der Waals surface area (Å²) in [7, 11) is 1.67. The molecule has 2 saturated heterocycles. The van der Waals surface area contributed by atoms with Crippen molar-refractivity contribution in [2.45, 2.75) is 57.8 Å². The zero-order chi connectivity index (χ0) is 16.1. The Morgan fingerprint density at radius 1 is 1.09 bits per heavy atom. The molecule has 0 aromatic rings. The van der Waals surface area contributed by atoms with Gasteiger partial charge in [0.25, 0.3) is 0 Å². The van der Waals surface area contributed by atoms with Gasteiger partial charge in [-0.05, 0) is 44.6 Å². The predicted molar refractivity (Wildman–Crippen MR) is 92.4 cm³/mol. The molecule has 3 aliphatic rings. The average molecular weight is 322 g/mol. The lowest BCUT2D eigenvalue weighted by Crippen LogP contribution is -2.47. The summed E-state index contributed by atoms with van der Waals surface area (Å²) in [6.07, 6.45) is 11.5. The molecule has 0 N–H and O–H groups in total. The van der Waals surface area contributed by atoms with Gasteiger partial charge >= 0.3 is 0 Å². The van der Waals surface area contributed by atoms with Crippen LogP contribution in [-0.4, -0.2) is 62.1 Å². The second-order valence-corrected chi connectivity index (χ2v) is 8.15. The zero-order valence-electron chi connectivity index (χ0n) is 14.9. The van der Waals surface area contributed by atoms with Gasteiger partial charge in [-0.2, -0.15) is 0 Å². The largest absolute Gasteiger partial charge is 0.384 e. The minimum absolute atomic E-state index is 0.285. The van der Waals surface area contributed by atoms with E-state index in [1.807, 2.05) is 0 Å². The van der Waals surface area contributed by atoms with E-state index in [-0.39, 0.29) is 5.91 Å². The minimum Gasteiger partial charge on any atom is -0.384 e. The fraction of sp³-hybridized carbons (Fsp3) is 0.947. The van der Waals surface area contributed by atoms with Crippen LogP contribution in [0.5, 0.6) is 0 Å². The first kappa shape index (κ1) is 17.2. The first-order valence-corrected chi connectivity index (χ1v) is 9.70. The monoisotopic (exact) mass is 322 g/mol. The van der Waals surface area contributed by atoms with E-state index in [9.17, 15) is 4.79 Å². The molecular weight excluding hydrogens is 288 g/mol. The van der Waals surface area contributed by atoms with Crippen LogP contribution < -0.4 is 0 Å². The first-order valence-electron chi connectivity index (χ1n) is 9.70. The lowest BCUT2D eigenvalue weighted by molar-refractivity contribution is -0.131. The normalized spacial score (nSPS) is 30.2. The van der Waals surface area contributed by atoms with E-state index in [1.165, 1.54) is 71.0 Å². The molecule has 23 heavy (non-hydrogen) atoms. The molecule has 132 valence electrons. The zero-order valence-corrected chi connectivity index (χ0v) is 14.9. The molecule has 1 amide bonds. The summed E-state index contributed by atoms with van der Waals surface area (Å²) < 4.78 is 5.05. The third-order valence-corrected chi connectivity index (χ3v) is 6.29. The Morgan fingerprint density at radius 3 is 2.70 bits per heavy atom. The van der Waals surface area contributed by atoms with Crippen molar-refractivity contribution < 1.29 is 9.53 Å². The van der Waals surface area contributed by atoms with Crippen molar-refractivity contribution in [3.63, 3.8) is 0 Å². The molecular formula is C19H34N2O2. The average Bonchev–Trinajstić information content (AvgIpc) is 2.97. The van der Waals surface area contributed by atoms with Crippen LogP contribution in [0.1, 0.15) is 57.8 Å². The number of carbonyl (C=O) groups is 1. The molecule has 4 nitrogen and oxygen atoms in total. The smallest absolute Gasteiger partial charge is 0.224 e. The van der Waals surface area contributed by atoms with E-state index in [0.717, 1.165) is 19.0 Å². The van der Waals surface area contributed by atoms with Crippen LogP contribution in [0.15, 0.2) is 0 Å². The fourth-order valence-corrected chi connectivity index (χ4v) is 5.03. The van der Waals surface area contributed by atoms with Crippen molar-refractivity contribution in [3.8, 4) is 0 Å². The van der Waals surface area contributed by atoms with Crippen molar-refractivity contribution in [2.75, 3.05) is 46.4 Å². The van der Waals surface area contributed by atoms with E-state index < -0.39 is 0 Å². The maximum atomic E-state index is 12.3. The highest BCUT2D eigenvalue weighted by molar-refractivity contribution is 5.76. The van der Waals surface area contributed by atoms with Crippen LogP contribution in [-0.2, 0) is 9.53 Å². The Hall–Kier alpha value is -0.610. The van der Waals surface area contributed by atoms with E-state index in [4.69, 9.17) is 4.74 Å². The van der Waals surface area contributed by atoms with Gasteiger partial charge in [-0.15, -0.1) is 0 Å². The van der Waals surface area contributed by atoms with Crippen LogP contribution in [0.2, 0.25) is 0 Å². The fourth-order valence-electron chi connectivity index (χ4n) is 5.03. The number of piperidine rings is 1. The van der Waals surface area contributed by atoms with Gasteiger partial charge in [-0.25, -0.2) is 0 Å². The number of hydrogen-bond acceptors (Lipinski definition) is 3. The molecule has 4 heteroatoms. The Bertz CT molecular complexity index is 395. The number of amides is 1. The summed E-state index contributed by atoms with van der Waals surface area (Å²) in [6, 6.07) is 0. The molecule has 1 spiro atoms. The topological polar surface area (TPSA) is 32.8 Å². The summed E-state index contributed by atoms with van der Waals surface area (Å²) >= 11 is 0. The number of carbonyl (C=O) groups excluding carboxylic acids is 1. The van der Waals surface area contributed by atoms with Gasteiger partial charge in [0.05, 0.1) is 13.0 Å². The Kier molecular flexibility index (Phi) is 5.97. The van der Waals surface area contributed by atoms with Crippen molar-refractivity contribution in [3.05, 3.63) is 0 Å². The van der Waals surface area contributed by atoms with Gasteiger partial charge in [0.2, 0.25) is 5.91 Å². The molecule has 0 aromatic heterocycles. The second kappa shape index (κ2) is 7.98. The van der Waals surface area contributed by atoms with Gasteiger partial charge in [-0.3, -0.25) is 4.79 Å². The van der Waals surface area contributed by atoms with Gasteiger partial charge < -0.3 is 14.5 Å². The predicted octanol–water partition coefficient (Wildman–Crippen LogP) is 2.92. The van der Waals surface area contributed by atoms with Crippen LogP contribution in [0.4, 0.5) is 0 Å².